The smallest absolute Gasteiger partial charge is 0.255 e. The highest BCUT2D eigenvalue weighted by Gasteiger charge is 2.26. The summed E-state index contributed by atoms with van der Waals surface area (Å²) in [6.07, 6.45) is 0.779. The largest absolute Gasteiger partial charge is 0.384 e. The van der Waals surface area contributed by atoms with Crippen LogP contribution in [0.1, 0.15) is 34.0 Å². The molecule has 4 rings (SSSR count). The van der Waals surface area contributed by atoms with Crippen LogP contribution in [0.3, 0.4) is 0 Å². The van der Waals surface area contributed by atoms with Gasteiger partial charge in [-0.2, -0.15) is 0 Å². The molecule has 0 fully saturated rings. The van der Waals surface area contributed by atoms with Gasteiger partial charge in [0.15, 0.2) is 0 Å². The van der Waals surface area contributed by atoms with Crippen LogP contribution in [-0.2, 0) is 17.8 Å². The minimum atomic E-state index is -0.331. The number of nitrogens with zero attached hydrogens (tertiary/aromatic N) is 1. The number of amides is 2. The third kappa shape index (κ3) is 5.20. The normalized spacial score (nSPS) is 15.2. The molecule has 7 heteroatoms. The number of anilines is 2. The SMILES string of the molecule is CC1Nc2ccc(NC(=O)c3ccc(C(=N)N)cc3)cc2CN(CCc2ccccc2)C1=O. The van der Waals surface area contributed by atoms with Crippen LogP contribution in [0, 0.1) is 5.41 Å². The summed E-state index contributed by atoms with van der Waals surface area (Å²) in [6.45, 7) is 2.95. The van der Waals surface area contributed by atoms with E-state index in [9.17, 15) is 9.59 Å². The van der Waals surface area contributed by atoms with Crippen molar-refractivity contribution in [1.29, 1.82) is 5.41 Å². The van der Waals surface area contributed by atoms with E-state index < -0.39 is 0 Å². The fourth-order valence-electron chi connectivity index (χ4n) is 3.90. The number of carbonyl (C=O) groups excluding carboxylic acids is 2. The summed E-state index contributed by atoms with van der Waals surface area (Å²) in [7, 11) is 0. The Morgan fingerprint density at radius 3 is 2.48 bits per heavy atom. The zero-order valence-electron chi connectivity index (χ0n) is 18.5. The molecule has 2 amide bonds. The van der Waals surface area contributed by atoms with Crippen LogP contribution < -0.4 is 16.4 Å². The highest BCUT2D eigenvalue weighted by molar-refractivity contribution is 6.05. The van der Waals surface area contributed by atoms with Gasteiger partial charge in [0.25, 0.3) is 5.91 Å². The van der Waals surface area contributed by atoms with Gasteiger partial charge < -0.3 is 21.3 Å². The van der Waals surface area contributed by atoms with Gasteiger partial charge in [-0.15, -0.1) is 0 Å². The van der Waals surface area contributed by atoms with Gasteiger partial charge in [0.05, 0.1) is 0 Å². The number of nitrogen functional groups attached to an aromatic ring is 1. The van der Waals surface area contributed by atoms with Crippen LogP contribution >= 0.6 is 0 Å². The molecule has 1 aliphatic heterocycles. The third-order valence-corrected chi connectivity index (χ3v) is 5.75. The van der Waals surface area contributed by atoms with Gasteiger partial charge in [0.1, 0.15) is 11.9 Å². The Hall–Kier alpha value is -4.13. The molecule has 168 valence electrons. The highest BCUT2D eigenvalue weighted by Crippen LogP contribution is 2.27. The topological polar surface area (TPSA) is 111 Å². The third-order valence-electron chi connectivity index (χ3n) is 5.75. The molecular formula is C26H27N5O2. The van der Waals surface area contributed by atoms with Crippen LogP contribution in [0.25, 0.3) is 0 Å². The van der Waals surface area contributed by atoms with Crippen LogP contribution in [-0.4, -0.2) is 35.1 Å². The van der Waals surface area contributed by atoms with Crippen molar-refractivity contribution in [2.24, 2.45) is 5.73 Å². The molecule has 0 radical (unpaired) electrons. The number of hydrogen-bond donors (Lipinski definition) is 4. The minimum absolute atomic E-state index is 0.0409. The second kappa shape index (κ2) is 9.56. The Labute approximate surface area is 193 Å². The Morgan fingerprint density at radius 1 is 1.09 bits per heavy atom. The van der Waals surface area contributed by atoms with E-state index in [1.54, 1.807) is 24.3 Å². The van der Waals surface area contributed by atoms with E-state index in [0.29, 0.717) is 29.9 Å². The van der Waals surface area contributed by atoms with E-state index >= 15 is 0 Å². The second-order valence-corrected chi connectivity index (χ2v) is 8.18. The van der Waals surface area contributed by atoms with Gasteiger partial charge in [-0.3, -0.25) is 15.0 Å². The van der Waals surface area contributed by atoms with Gasteiger partial charge in [0.2, 0.25) is 5.91 Å². The van der Waals surface area contributed by atoms with Crippen molar-refractivity contribution in [2.75, 3.05) is 17.2 Å². The summed E-state index contributed by atoms with van der Waals surface area (Å²) in [5.41, 5.74) is 10.2. The van der Waals surface area contributed by atoms with E-state index in [-0.39, 0.29) is 23.7 Å². The number of amidine groups is 1. The maximum absolute atomic E-state index is 12.9. The molecule has 5 N–H and O–H groups in total. The van der Waals surface area contributed by atoms with Crippen LogP contribution in [0.4, 0.5) is 11.4 Å². The van der Waals surface area contributed by atoms with Gasteiger partial charge in [-0.1, -0.05) is 42.5 Å². The van der Waals surface area contributed by atoms with E-state index in [2.05, 4.69) is 22.8 Å². The van der Waals surface area contributed by atoms with E-state index in [0.717, 1.165) is 17.7 Å². The lowest BCUT2D eigenvalue weighted by molar-refractivity contribution is -0.132. The number of hydrogen-bond acceptors (Lipinski definition) is 4. The lowest BCUT2D eigenvalue weighted by Gasteiger charge is -2.23. The fourth-order valence-corrected chi connectivity index (χ4v) is 3.90. The molecule has 33 heavy (non-hydrogen) atoms. The average Bonchev–Trinajstić information content (AvgIpc) is 2.94. The number of benzene rings is 3. The molecule has 0 saturated heterocycles. The predicted molar refractivity (Wildman–Crippen MR) is 131 cm³/mol. The first-order valence-electron chi connectivity index (χ1n) is 10.9. The maximum Gasteiger partial charge on any atom is 0.255 e. The van der Waals surface area contributed by atoms with Crippen molar-refractivity contribution >= 4 is 29.0 Å². The molecule has 0 bridgehead atoms. The zero-order chi connectivity index (χ0) is 23.4. The van der Waals surface area contributed by atoms with Crippen molar-refractivity contribution in [3.05, 3.63) is 95.1 Å². The molecule has 1 heterocycles. The summed E-state index contributed by atoms with van der Waals surface area (Å²) >= 11 is 0. The molecule has 0 spiro atoms. The summed E-state index contributed by atoms with van der Waals surface area (Å²) in [5.74, 6) is -0.240. The summed E-state index contributed by atoms with van der Waals surface area (Å²) < 4.78 is 0. The summed E-state index contributed by atoms with van der Waals surface area (Å²) in [6, 6.07) is 22.0. The Bertz CT molecular complexity index is 1180. The number of rotatable bonds is 6. The molecule has 0 saturated carbocycles. The Morgan fingerprint density at radius 2 is 1.79 bits per heavy atom. The first-order chi connectivity index (χ1) is 15.9. The monoisotopic (exact) mass is 441 g/mol. The quantitative estimate of drug-likeness (QED) is 0.346. The van der Waals surface area contributed by atoms with E-state index in [1.165, 1.54) is 5.56 Å². The molecule has 1 aliphatic rings. The lowest BCUT2D eigenvalue weighted by atomic mass is 10.1. The first-order valence-corrected chi connectivity index (χ1v) is 10.9. The van der Waals surface area contributed by atoms with Crippen molar-refractivity contribution in [3.8, 4) is 0 Å². The molecule has 3 aromatic rings. The van der Waals surface area contributed by atoms with Crippen LogP contribution in [0.5, 0.6) is 0 Å². The zero-order valence-corrected chi connectivity index (χ0v) is 18.5. The van der Waals surface area contributed by atoms with Gasteiger partial charge in [-0.05, 0) is 54.8 Å². The van der Waals surface area contributed by atoms with Crippen molar-refractivity contribution in [2.45, 2.75) is 25.9 Å². The summed E-state index contributed by atoms with van der Waals surface area (Å²) in [5, 5.41) is 13.7. The predicted octanol–water partition coefficient (Wildman–Crippen LogP) is 3.61. The lowest BCUT2D eigenvalue weighted by Crippen LogP contribution is -2.39. The molecule has 1 atom stereocenters. The van der Waals surface area contributed by atoms with Crippen molar-refractivity contribution in [3.63, 3.8) is 0 Å². The van der Waals surface area contributed by atoms with Gasteiger partial charge >= 0.3 is 0 Å². The van der Waals surface area contributed by atoms with Gasteiger partial charge in [0, 0.05) is 35.6 Å². The van der Waals surface area contributed by atoms with Crippen LogP contribution in [0.2, 0.25) is 0 Å². The number of nitrogens with two attached hydrogens (primary N) is 1. The molecule has 7 nitrogen and oxygen atoms in total. The minimum Gasteiger partial charge on any atom is -0.384 e. The molecule has 3 aromatic carbocycles. The number of nitrogens with one attached hydrogen (secondary N) is 3. The molecular weight excluding hydrogens is 414 g/mol. The molecule has 0 aliphatic carbocycles. The summed E-state index contributed by atoms with van der Waals surface area (Å²) in [4.78, 5) is 27.5. The molecule has 0 aromatic heterocycles. The van der Waals surface area contributed by atoms with Crippen LogP contribution in [0.15, 0.2) is 72.8 Å². The van der Waals surface area contributed by atoms with Crippen molar-refractivity contribution < 1.29 is 9.59 Å². The molecule has 1 unspecified atom stereocenters. The number of fused-ring (bicyclic) bond motifs is 1. The second-order valence-electron chi connectivity index (χ2n) is 8.18. The number of carbonyl (C=O) groups is 2. The van der Waals surface area contributed by atoms with E-state index in [4.69, 9.17) is 11.1 Å². The average molecular weight is 442 g/mol. The standard InChI is InChI=1S/C26H27N5O2/c1-17-26(33)31(14-13-18-5-3-2-4-6-18)16-21-15-22(11-12-23(21)29-17)30-25(32)20-9-7-19(8-10-20)24(27)28/h2-12,15,17,29H,13-14,16H2,1H3,(H3,27,28)(H,30,32). The van der Waals surface area contributed by atoms with Crippen molar-refractivity contribution in [1.82, 2.24) is 4.90 Å². The van der Waals surface area contributed by atoms with Gasteiger partial charge in [-0.25, -0.2) is 0 Å². The maximum atomic E-state index is 12.9. The first kappa shape index (κ1) is 22.1. The Balaban J connectivity index is 1.49. The van der Waals surface area contributed by atoms with E-state index in [1.807, 2.05) is 48.2 Å². The fraction of sp³-hybridized carbons (Fsp3) is 0.192. The Kier molecular flexibility index (Phi) is 6.40. The highest BCUT2D eigenvalue weighted by atomic mass is 16.2.